The highest BCUT2D eigenvalue weighted by Crippen LogP contribution is 2.33. The van der Waals surface area contributed by atoms with Crippen LogP contribution in [-0.2, 0) is 0 Å². The molecule has 0 fully saturated rings. The summed E-state index contributed by atoms with van der Waals surface area (Å²) in [6.45, 7) is 1.99. The fourth-order valence-corrected chi connectivity index (χ4v) is 2.71. The second-order valence-corrected chi connectivity index (χ2v) is 5.22. The summed E-state index contributed by atoms with van der Waals surface area (Å²) < 4.78 is 0.996. The summed E-state index contributed by atoms with van der Waals surface area (Å²) in [4.78, 5) is 19.2. The molecule has 0 saturated heterocycles. The Balaban J connectivity index is 2.48. The molecule has 0 unspecified atom stereocenters. The molecule has 2 heterocycles. The van der Waals surface area contributed by atoms with Crippen LogP contribution in [0.5, 0.6) is 0 Å². The molecular formula is C15H11BrN2O. The molecule has 0 aliphatic rings. The lowest BCUT2D eigenvalue weighted by Gasteiger charge is -2.11. The van der Waals surface area contributed by atoms with E-state index in [1.54, 1.807) is 12.4 Å². The predicted molar refractivity (Wildman–Crippen MR) is 80.2 cm³/mol. The lowest BCUT2D eigenvalue weighted by molar-refractivity contribution is 1.27. The van der Waals surface area contributed by atoms with Crippen molar-refractivity contribution >= 4 is 27.0 Å². The topological polar surface area (TPSA) is 45.8 Å². The summed E-state index contributed by atoms with van der Waals surface area (Å²) in [6.07, 6.45) is 3.40. The molecular weight excluding hydrogens is 304 g/mol. The number of halogens is 1. The number of pyridine rings is 2. The Kier molecular flexibility index (Phi) is 2.95. The van der Waals surface area contributed by atoms with Crippen molar-refractivity contribution in [3.8, 4) is 11.1 Å². The molecule has 2 aromatic heterocycles. The molecule has 3 nitrogen and oxygen atoms in total. The third kappa shape index (κ3) is 1.98. The average Bonchev–Trinajstić information content (AvgIpc) is 2.40. The Morgan fingerprint density at radius 2 is 2.00 bits per heavy atom. The van der Waals surface area contributed by atoms with Gasteiger partial charge in [0, 0.05) is 28.5 Å². The van der Waals surface area contributed by atoms with Gasteiger partial charge in [-0.15, -0.1) is 0 Å². The zero-order valence-electron chi connectivity index (χ0n) is 10.3. The molecule has 0 bridgehead atoms. The van der Waals surface area contributed by atoms with Crippen molar-refractivity contribution in [2.45, 2.75) is 6.92 Å². The van der Waals surface area contributed by atoms with E-state index in [-0.39, 0.29) is 5.43 Å². The fraction of sp³-hybridized carbons (Fsp3) is 0.0667. The molecule has 1 N–H and O–H groups in total. The molecule has 0 spiro atoms. The SMILES string of the molecule is Cc1cnc2c(=O)cc[nH]c2c1-c1ccccc1Br. The van der Waals surface area contributed by atoms with Crippen molar-refractivity contribution in [3.05, 3.63) is 63.0 Å². The molecule has 0 aliphatic heterocycles. The van der Waals surface area contributed by atoms with Gasteiger partial charge in [0.25, 0.3) is 0 Å². The smallest absolute Gasteiger partial charge is 0.207 e. The van der Waals surface area contributed by atoms with Gasteiger partial charge in [-0.1, -0.05) is 34.1 Å². The van der Waals surface area contributed by atoms with Gasteiger partial charge in [0.2, 0.25) is 5.43 Å². The summed E-state index contributed by atoms with van der Waals surface area (Å²) >= 11 is 3.56. The minimum atomic E-state index is -0.0675. The Morgan fingerprint density at radius 1 is 1.21 bits per heavy atom. The largest absolute Gasteiger partial charge is 0.359 e. The fourth-order valence-electron chi connectivity index (χ4n) is 2.22. The Morgan fingerprint density at radius 3 is 2.79 bits per heavy atom. The molecule has 0 aliphatic carbocycles. The van der Waals surface area contributed by atoms with Crippen molar-refractivity contribution in [1.82, 2.24) is 9.97 Å². The normalized spacial score (nSPS) is 10.8. The monoisotopic (exact) mass is 314 g/mol. The van der Waals surface area contributed by atoms with E-state index in [2.05, 4.69) is 25.9 Å². The highest BCUT2D eigenvalue weighted by molar-refractivity contribution is 9.10. The van der Waals surface area contributed by atoms with Crippen LogP contribution < -0.4 is 5.43 Å². The van der Waals surface area contributed by atoms with Crippen LogP contribution in [0.1, 0.15) is 5.56 Å². The maximum Gasteiger partial charge on any atom is 0.207 e. The van der Waals surface area contributed by atoms with E-state index >= 15 is 0 Å². The van der Waals surface area contributed by atoms with E-state index in [4.69, 9.17) is 0 Å². The Hall–Kier alpha value is -1.94. The van der Waals surface area contributed by atoms with Crippen LogP contribution in [0, 0.1) is 6.92 Å². The number of nitrogens with zero attached hydrogens (tertiary/aromatic N) is 1. The highest BCUT2D eigenvalue weighted by atomic mass is 79.9. The van der Waals surface area contributed by atoms with E-state index in [1.165, 1.54) is 6.07 Å². The summed E-state index contributed by atoms with van der Waals surface area (Å²) in [6, 6.07) is 9.45. The highest BCUT2D eigenvalue weighted by Gasteiger charge is 2.12. The number of hydrogen-bond donors (Lipinski definition) is 1. The van der Waals surface area contributed by atoms with Crippen LogP contribution in [0.4, 0.5) is 0 Å². The van der Waals surface area contributed by atoms with Crippen LogP contribution in [0.15, 0.2) is 52.0 Å². The van der Waals surface area contributed by atoms with Crippen LogP contribution >= 0.6 is 15.9 Å². The molecule has 19 heavy (non-hydrogen) atoms. The molecule has 0 amide bonds. The summed E-state index contributed by atoms with van der Waals surface area (Å²) in [5.41, 5.74) is 4.27. The first-order valence-corrected chi connectivity index (χ1v) is 6.69. The van der Waals surface area contributed by atoms with Crippen LogP contribution in [0.25, 0.3) is 22.2 Å². The van der Waals surface area contributed by atoms with Gasteiger partial charge in [0.1, 0.15) is 5.52 Å². The molecule has 0 saturated carbocycles. The second kappa shape index (κ2) is 4.63. The van der Waals surface area contributed by atoms with Gasteiger partial charge in [-0.3, -0.25) is 9.78 Å². The number of benzene rings is 1. The van der Waals surface area contributed by atoms with Crippen molar-refractivity contribution in [2.75, 3.05) is 0 Å². The lowest BCUT2D eigenvalue weighted by Crippen LogP contribution is -2.04. The number of nitrogens with one attached hydrogen (secondary N) is 1. The zero-order valence-corrected chi connectivity index (χ0v) is 11.9. The number of fused-ring (bicyclic) bond motifs is 1. The number of aromatic nitrogens is 2. The molecule has 4 heteroatoms. The third-order valence-electron chi connectivity index (χ3n) is 3.11. The summed E-state index contributed by atoms with van der Waals surface area (Å²) in [5.74, 6) is 0. The van der Waals surface area contributed by atoms with Crippen LogP contribution in [0.2, 0.25) is 0 Å². The number of aryl methyl sites for hydroxylation is 1. The minimum Gasteiger partial charge on any atom is -0.359 e. The molecule has 0 radical (unpaired) electrons. The van der Waals surface area contributed by atoms with E-state index in [0.29, 0.717) is 5.52 Å². The first-order chi connectivity index (χ1) is 9.18. The van der Waals surface area contributed by atoms with Gasteiger partial charge < -0.3 is 4.98 Å². The van der Waals surface area contributed by atoms with Gasteiger partial charge in [-0.25, -0.2) is 0 Å². The van der Waals surface area contributed by atoms with E-state index in [9.17, 15) is 4.79 Å². The van der Waals surface area contributed by atoms with Gasteiger partial charge in [-0.2, -0.15) is 0 Å². The molecule has 94 valence electrons. The van der Waals surface area contributed by atoms with Crippen molar-refractivity contribution in [1.29, 1.82) is 0 Å². The Bertz CT molecular complexity index is 824. The summed E-state index contributed by atoms with van der Waals surface area (Å²) in [5, 5.41) is 0. The first kappa shape index (κ1) is 12.1. The number of rotatable bonds is 1. The zero-order chi connectivity index (χ0) is 13.4. The quantitative estimate of drug-likeness (QED) is 0.745. The van der Waals surface area contributed by atoms with Crippen molar-refractivity contribution in [2.24, 2.45) is 0 Å². The van der Waals surface area contributed by atoms with Crippen molar-refractivity contribution in [3.63, 3.8) is 0 Å². The predicted octanol–water partition coefficient (Wildman–Crippen LogP) is 3.66. The lowest BCUT2D eigenvalue weighted by atomic mass is 10.0. The molecule has 1 aromatic carbocycles. The third-order valence-corrected chi connectivity index (χ3v) is 3.80. The van der Waals surface area contributed by atoms with Crippen LogP contribution in [0.3, 0.4) is 0 Å². The van der Waals surface area contributed by atoms with Gasteiger partial charge >= 0.3 is 0 Å². The maximum atomic E-state index is 11.9. The van der Waals surface area contributed by atoms with Gasteiger partial charge in [0.15, 0.2) is 0 Å². The minimum absolute atomic E-state index is 0.0675. The maximum absolute atomic E-state index is 11.9. The first-order valence-electron chi connectivity index (χ1n) is 5.90. The van der Waals surface area contributed by atoms with Gasteiger partial charge in [-0.05, 0) is 24.1 Å². The number of aromatic amines is 1. The summed E-state index contributed by atoms with van der Waals surface area (Å²) in [7, 11) is 0. The number of H-pyrrole nitrogens is 1. The van der Waals surface area contributed by atoms with E-state index in [0.717, 1.165) is 26.7 Å². The second-order valence-electron chi connectivity index (χ2n) is 4.36. The molecule has 3 aromatic rings. The number of hydrogen-bond acceptors (Lipinski definition) is 2. The average molecular weight is 315 g/mol. The van der Waals surface area contributed by atoms with E-state index in [1.807, 2.05) is 31.2 Å². The van der Waals surface area contributed by atoms with Crippen LogP contribution in [-0.4, -0.2) is 9.97 Å². The standard InChI is InChI=1S/C15H11BrN2O/c1-9-8-18-14-12(19)6-7-17-15(14)13(9)10-4-2-3-5-11(10)16/h2-8H,1H3,(H,17,19). The Labute approximate surface area is 118 Å². The molecule has 0 atom stereocenters. The van der Waals surface area contributed by atoms with Gasteiger partial charge in [0.05, 0.1) is 5.52 Å². The van der Waals surface area contributed by atoms with E-state index < -0.39 is 0 Å². The molecule has 3 rings (SSSR count). The van der Waals surface area contributed by atoms with Crippen molar-refractivity contribution < 1.29 is 0 Å².